The average molecular weight is 609 g/mol. The number of alkyl halides is 1. The van der Waals surface area contributed by atoms with Crippen molar-refractivity contribution in [1.29, 1.82) is 0 Å². The van der Waals surface area contributed by atoms with Crippen LogP contribution in [0.1, 0.15) is 61.5 Å². The summed E-state index contributed by atoms with van der Waals surface area (Å²) in [5, 5.41) is 9.00. The second kappa shape index (κ2) is 13.0. The molecule has 0 bridgehead atoms. The van der Waals surface area contributed by atoms with Gasteiger partial charge in [0.2, 0.25) is 5.91 Å². The lowest BCUT2D eigenvalue weighted by Crippen LogP contribution is -2.50. The van der Waals surface area contributed by atoms with Crippen LogP contribution >= 0.6 is 11.6 Å². The van der Waals surface area contributed by atoms with Gasteiger partial charge >= 0.3 is 11.7 Å². The lowest BCUT2D eigenvalue weighted by atomic mass is 10.0. The number of benzene rings is 2. The molecule has 2 fully saturated rings. The zero-order valence-electron chi connectivity index (χ0n) is 24.4. The van der Waals surface area contributed by atoms with Crippen LogP contribution in [0, 0.1) is 5.92 Å². The van der Waals surface area contributed by atoms with Gasteiger partial charge in [-0.1, -0.05) is 12.1 Å². The fourth-order valence-corrected chi connectivity index (χ4v) is 5.55. The van der Waals surface area contributed by atoms with Gasteiger partial charge < -0.3 is 20.9 Å². The zero-order chi connectivity index (χ0) is 30.7. The number of carbonyl (C=O) groups excluding carboxylic acids is 3. The molecule has 2 aromatic carbocycles. The van der Waals surface area contributed by atoms with Crippen molar-refractivity contribution >= 4 is 46.0 Å². The van der Waals surface area contributed by atoms with E-state index in [1.165, 1.54) is 4.57 Å². The molecule has 1 aliphatic heterocycles. The van der Waals surface area contributed by atoms with Crippen molar-refractivity contribution < 1.29 is 14.4 Å². The van der Waals surface area contributed by atoms with E-state index in [0.29, 0.717) is 54.3 Å². The molecule has 12 heteroatoms. The number of anilines is 1. The molecular weight excluding hydrogens is 572 g/mol. The van der Waals surface area contributed by atoms with Crippen LogP contribution in [0.4, 0.5) is 10.5 Å². The molecule has 11 nitrogen and oxygen atoms in total. The highest BCUT2D eigenvalue weighted by atomic mass is 35.5. The maximum atomic E-state index is 13.3. The molecule has 43 heavy (non-hydrogen) atoms. The molecule has 2 aliphatic rings. The standard InChI is InChI=1S/C31H37ClN6O5/c1-19(2)38-26-12-11-23(14-25(26)29(41)37(31(38)43)17-21-5-6-21)35-30(42)36-13-3-4-24(18-36)34-28(40)22-9-7-20(8-10-22)16-33-27(39)15-32/h7-12,14,19,21,24H,3-6,13,15-18H2,1-2H3,(H,33,39)(H,34,40)(H,35,42). The minimum atomic E-state index is -0.339. The second-order valence-electron chi connectivity index (χ2n) is 11.6. The number of urea groups is 1. The van der Waals surface area contributed by atoms with Gasteiger partial charge in [0.25, 0.3) is 11.5 Å². The summed E-state index contributed by atoms with van der Waals surface area (Å²) in [6, 6.07) is 11.3. The van der Waals surface area contributed by atoms with Gasteiger partial charge in [0, 0.05) is 49.5 Å². The zero-order valence-corrected chi connectivity index (χ0v) is 25.2. The molecule has 4 amide bonds. The third-order valence-corrected chi connectivity index (χ3v) is 8.19. The average Bonchev–Trinajstić information content (AvgIpc) is 3.83. The number of piperidine rings is 1. The van der Waals surface area contributed by atoms with Crippen LogP contribution in [-0.4, -0.2) is 56.9 Å². The molecule has 1 saturated heterocycles. The van der Waals surface area contributed by atoms with Crippen molar-refractivity contribution in [2.75, 3.05) is 24.3 Å². The van der Waals surface area contributed by atoms with E-state index in [0.717, 1.165) is 31.2 Å². The lowest BCUT2D eigenvalue weighted by Gasteiger charge is -2.33. The van der Waals surface area contributed by atoms with Crippen LogP contribution in [0.25, 0.3) is 10.9 Å². The maximum Gasteiger partial charge on any atom is 0.331 e. The van der Waals surface area contributed by atoms with Crippen LogP contribution in [0.3, 0.4) is 0 Å². The molecule has 5 rings (SSSR count). The first-order valence-corrected chi connectivity index (χ1v) is 15.3. The van der Waals surface area contributed by atoms with Crippen molar-refractivity contribution in [2.45, 2.75) is 64.7 Å². The van der Waals surface area contributed by atoms with Gasteiger partial charge in [-0.2, -0.15) is 0 Å². The topological polar surface area (TPSA) is 135 Å². The number of carbonyl (C=O) groups is 3. The van der Waals surface area contributed by atoms with Crippen molar-refractivity contribution in [2.24, 2.45) is 5.92 Å². The minimum absolute atomic E-state index is 0.109. The largest absolute Gasteiger partial charge is 0.351 e. The minimum Gasteiger partial charge on any atom is -0.351 e. The Morgan fingerprint density at radius 2 is 1.77 bits per heavy atom. The Kier molecular flexibility index (Phi) is 9.19. The number of hydrogen-bond acceptors (Lipinski definition) is 5. The fraction of sp³-hybridized carbons (Fsp3) is 0.452. The Balaban J connectivity index is 1.24. The fourth-order valence-electron chi connectivity index (χ4n) is 5.45. The summed E-state index contributed by atoms with van der Waals surface area (Å²) in [6.45, 7) is 5.44. The summed E-state index contributed by atoms with van der Waals surface area (Å²) in [5.74, 6) is -0.257. The van der Waals surface area contributed by atoms with E-state index >= 15 is 0 Å². The molecule has 228 valence electrons. The molecular formula is C31H37ClN6O5. The predicted octanol–water partition coefficient (Wildman–Crippen LogP) is 3.44. The van der Waals surface area contributed by atoms with Crippen LogP contribution in [-0.2, 0) is 17.9 Å². The number of nitrogens with one attached hydrogen (secondary N) is 3. The van der Waals surface area contributed by atoms with Crippen molar-refractivity contribution in [3.05, 3.63) is 74.4 Å². The van der Waals surface area contributed by atoms with Crippen molar-refractivity contribution in [1.82, 2.24) is 24.7 Å². The third-order valence-electron chi connectivity index (χ3n) is 7.94. The lowest BCUT2D eigenvalue weighted by molar-refractivity contribution is -0.118. The summed E-state index contributed by atoms with van der Waals surface area (Å²) >= 11 is 5.50. The molecule has 1 saturated carbocycles. The first-order chi connectivity index (χ1) is 20.6. The molecule has 0 radical (unpaired) electrons. The second-order valence-corrected chi connectivity index (χ2v) is 11.9. The summed E-state index contributed by atoms with van der Waals surface area (Å²) in [5.41, 5.74) is 1.70. The molecule has 3 aromatic rings. The predicted molar refractivity (Wildman–Crippen MR) is 166 cm³/mol. The van der Waals surface area contributed by atoms with Gasteiger partial charge in [0.05, 0.1) is 10.9 Å². The number of aromatic nitrogens is 2. The number of fused-ring (bicyclic) bond motifs is 1. The maximum absolute atomic E-state index is 13.3. The SMILES string of the molecule is CC(C)n1c(=O)n(CC2CC2)c(=O)c2cc(NC(=O)N3CCCC(NC(=O)c4ccc(CNC(=O)CCl)cc4)C3)ccc21. The van der Waals surface area contributed by atoms with Crippen molar-refractivity contribution in [3.63, 3.8) is 0 Å². The molecule has 0 spiro atoms. The quantitative estimate of drug-likeness (QED) is 0.320. The Morgan fingerprint density at radius 1 is 1.02 bits per heavy atom. The van der Waals surface area contributed by atoms with Crippen LogP contribution in [0.15, 0.2) is 52.1 Å². The van der Waals surface area contributed by atoms with Gasteiger partial charge in [-0.05, 0) is 81.3 Å². The van der Waals surface area contributed by atoms with E-state index in [2.05, 4.69) is 16.0 Å². The van der Waals surface area contributed by atoms with Gasteiger partial charge in [0.1, 0.15) is 5.88 Å². The number of likely N-dealkylation sites (tertiary alicyclic amines) is 1. The van der Waals surface area contributed by atoms with Gasteiger partial charge in [-0.15, -0.1) is 11.6 Å². The third kappa shape index (κ3) is 7.10. The normalized spacial score (nSPS) is 16.7. The first-order valence-electron chi connectivity index (χ1n) is 14.7. The molecule has 1 aromatic heterocycles. The Bertz CT molecular complexity index is 1640. The van der Waals surface area contributed by atoms with Gasteiger partial charge in [0.15, 0.2) is 0 Å². The van der Waals surface area contributed by atoms with Crippen LogP contribution < -0.4 is 27.2 Å². The van der Waals surface area contributed by atoms with E-state index in [4.69, 9.17) is 11.6 Å². The number of nitrogens with zero attached hydrogens (tertiary/aromatic N) is 3. The highest BCUT2D eigenvalue weighted by molar-refractivity contribution is 6.27. The van der Waals surface area contributed by atoms with Gasteiger partial charge in [-0.25, -0.2) is 9.59 Å². The summed E-state index contributed by atoms with van der Waals surface area (Å²) in [7, 11) is 0. The Labute approximate surface area is 254 Å². The molecule has 1 unspecified atom stereocenters. The van der Waals surface area contributed by atoms with Crippen LogP contribution in [0.5, 0.6) is 0 Å². The Hall–Kier alpha value is -4.12. The number of hydrogen-bond donors (Lipinski definition) is 3. The van der Waals surface area contributed by atoms with E-state index < -0.39 is 0 Å². The summed E-state index contributed by atoms with van der Waals surface area (Å²) in [4.78, 5) is 65.6. The number of halogens is 1. The Morgan fingerprint density at radius 3 is 2.44 bits per heavy atom. The molecule has 2 heterocycles. The van der Waals surface area contributed by atoms with Gasteiger partial charge in [-0.3, -0.25) is 23.5 Å². The first kappa shape index (κ1) is 30.3. The van der Waals surface area contributed by atoms with E-state index in [1.54, 1.807) is 51.9 Å². The van der Waals surface area contributed by atoms with E-state index in [9.17, 15) is 24.0 Å². The van der Waals surface area contributed by atoms with Crippen molar-refractivity contribution in [3.8, 4) is 0 Å². The highest BCUT2D eigenvalue weighted by Gasteiger charge is 2.27. The highest BCUT2D eigenvalue weighted by Crippen LogP contribution is 2.30. The summed E-state index contributed by atoms with van der Waals surface area (Å²) in [6.07, 6.45) is 3.49. The number of amides is 4. The smallest absolute Gasteiger partial charge is 0.331 e. The summed E-state index contributed by atoms with van der Waals surface area (Å²) < 4.78 is 2.96. The molecule has 1 aliphatic carbocycles. The molecule has 3 N–H and O–H groups in total. The van der Waals surface area contributed by atoms with E-state index in [-0.39, 0.29) is 47.1 Å². The van der Waals surface area contributed by atoms with E-state index in [1.807, 2.05) is 13.8 Å². The van der Waals surface area contributed by atoms with Crippen LogP contribution in [0.2, 0.25) is 0 Å². The number of rotatable bonds is 9. The molecule has 1 atom stereocenters. The monoisotopic (exact) mass is 608 g/mol.